The predicted octanol–water partition coefficient (Wildman–Crippen LogP) is 3.20. The van der Waals surface area contributed by atoms with Gasteiger partial charge in [-0.05, 0) is 24.1 Å². The first-order valence-electron chi connectivity index (χ1n) is 6.87. The molecule has 1 aromatic rings. The minimum Gasteiger partial charge on any atom is -0.493 e. The molecule has 0 aromatic heterocycles. The first-order chi connectivity index (χ1) is 10.8. The summed E-state index contributed by atoms with van der Waals surface area (Å²) < 4.78 is 47.1. The summed E-state index contributed by atoms with van der Waals surface area (Å²) in [5.74, 6) is 0.691. The molecule has 1 aliphatic heterocycles. The maximum Gasteiger partial charge on any atom is 0.422 e. The van der Waals surface area contributed by atoms with Crippen LogP contribution in [-0.4, -0.2) is 30.9 Å². The van der Waals surface area contributed by atoms with Crippen molar-refractivity contribution in [2.24, 2.45) is 0 Å². The topological polar surface area (TPSA) is 59.6 Å². The first kappa shape index (κ1) is 17.7. The van der Waals surface area contributed by atoms with E-state index in [9.17, 15) is 18.0 Å². The molecule has 1 unspecified atom stereocenters. The summed E-state index contributed by atoms with van der Waals surface area (Å²) in [4.78, 5) is 11.3. The lowest BCUT2D eigenvalue weighted by atomic mass is 9.89. The molecule has 1 saturated heterocycles. The quantitative estimate of drug-likeness (QED) is 0.854. The average Bonchev–Trinajstić information content (AvgIpc) is 2.53. The molecule has 0 aliphatic carbocycles. The van der Waals surface area contributed by atoms with Gasteiger partial charge in [-0.3, -0.25) is 10.2 Å². The van der Waals surface area contributed by atoms with Crippen LogP contribution in [0.4, 0.5) is 18.0 Å². The number of amides is 1. The van der Waals surface area contributed by atoms with Gasteiger partial charge in [-0.15, -0.1) is 0 Å². The van der Waals surface area contributed by atoms with Crippen LogP contribution in [0.15, 0.2) is 18.2 Å². The zero-order chi connectivity index (χ0) is 17.1. The van der Waals surface area contributed by atoms with Crippen molar-refractivity contribution < 1.29 is 27.4 Å². The van der Waals surface area contributed by atoms with Crippen molar-refractivity contribution in [3.63, 3.8) is 0 Å². The number of rotatable bonds is 5. The fourth-order valence-electron chi connectivity index (χ4n) is 2.23. The Labute approximate surface area is 135 Å². The van der Waals surface area contributed by atoms with Crippen LogP contribution in [0.1, 0.15) is 18.9 Å². The zero-order valence-electron chi connectivity index (χ0n) is 12.6. The van der Waals surface area contributed by atoms with Crippen LogP contribution in [0, 0.1) is 0 Å². The second-order valence-corrected chi connectivity index (χ2v) is 5.98. The number of alkyl halides is 3. The molecule has 2 rings (SSSR count). The Morgan fingerprint density at radius 2 is 2.09 bits per heavy atom. The van der Waals surface area contributed by atoms with E-state index in [2.05, 4.69) is 10.9 Å². The molecule has 1 heterocycles. The molecule has 5 nitrogen and oxygen atoms in total. The lowest BCUT2D eigenvalue weighted by Crippen LogP contribution is -2.56. The molecule has 0 bridgehead atoms. The number of hydrogen-bond acceptors (Lipinski definition) is 5. The van der Waals surface area contributed by atoms with Crippen LogP contribution in [-0.2, 0) is 5.54 Å². The fourth-order valence-corrected chi connectivity index (χ4v) is 3.17. The monoisotopic (exact) mass is 350 g/mol. The molecule has 1 aliphatic rings. The first-order valence-corrected chi connectivity index (χ1v) is 7.86. The van der Waals surface area contributed by atoms with E-state index in [0.717, 1.165) is 11.8 Å². The fraction of sp³-hybridized carbons (Fsp3) is 0.500. The lowest BCUT2D eigenvalue weighted by molar-refractivity contribution is -0.153. The Kier molecular flexibility index (Phi) is 5.30. The van der Waals surface area contributed by atoms with Crippen molar-refractivity contribution in [3.05, 3.63) is 23.8 Å². The molecule has 2 N–H and O–H groups in total. The van der Waals surface area contributed by atoms with E-state index in [1.807, 2.05) is 6.92 Å². The molecule has 128 valence electrons. The predicted molar refractivity (Wildman–Crippen MR) is 80.6 cm³/mol. The number of methoxy groups -OCH3 is 1. The summed E-state index contributed by atoms with van der Waals surface area (Å²) in [6.07, 6.45) is -3.80. The third-order valence-electron chi connectivity index (χ3n) is 3.56. The smallest absolute Gasteiger partial charge is 0.422 e. The molecule has 0 saturated carbocycles. The number of benzene rings is 1. The summed E-state index contributed by atoms with van der Waals surface area (Å²) in [5, 5.41) is -0.198. The van der Waals surface area contributed by atoms with Crippen LogP contribution in [0.2, 0.25) is 0 Å². The summed E-state index contributed by atoms with van der Waals surface area (Å²) in [6.45, 7) is 0.524. The van der Waals surface area contributed by atoms with Gasteiger partial charge in [0.2, 0.25) is 0 Å². The number of halogens is 3. The largest absolute Gasteiger partial charge is 0.493 e. The summed E-state index contributed by atoms with van der Waals surface area (Å²) in [7, 11) is 1.36. The third-order valence-corrected chi connectivity index (χ3v) is 4.57. The van der Waals surface area contributed by atoms with Gasteiger partial charge < -0.3 is 9.47 Å². The highest BCUT2D eigenvalue weighted by atomic mass is 32.2. The molecule has 0 radical (unpaired) electrons. The standard InChI is InChI=1S/C14H17F3N2O3S/c1-3-13(8-23-12(20)18-19-13)9-4-5-10(21-2)11(6-9)22-7-14(15,16)17/h4-6,19H,3,7-8H2,1-2H3,(H,18,20). The molecular formula is C14H17F3N2O3S. The van der Waals surface area contributed by atoms with Crippen molar-refractivity contribution in [3.8, 4) is 11.5 Å². The summed E-state index contributed by atoms with van der Waals surface area (Å²) >= 11 is 1.11. The second kappa shape index (κ2) is 6.88. The number of carbonyl (C=O) groups excluding carboxylic acids is 1. The molecule has 0 spiro atoms. The number of nitrogens with one attached hydrogen (secondary N) is 2. The highest BCUT2D eigenvalue weighted by Gasteiger charge is 2.36. The maximum atomic E-state index is 12.4. The maximum absolute atomic E-state index is 12.4. The minimum atomic E-state index is -4.43. The molecule has 1 atom stereocenters. The van der Waals surface area contributed by atoms with E-state index < -0.39 is 18.3 Å². The van der Waals surface area contributed by atoms with Crippen LogP contribution >= 0.6 is 11.8 Å². The molecule has 23 heavy (non-hydrogen) atoms. The zero-order valence-corrected chi connectivity index (χ0v) is 13.4. The molecule has 9 heteroatoms. The Balaban J connectivity index is 2.30. The lowest BCUT2D eigenvalue weighted by Gasteiger charge is -2.37. The van der Waals surface area contributed by atoms with Crippen molar-refractivity contribution in [1.82, 2.24) is 10.9 Å². The number of thioether (sulfide) groups is 1. The molecular weight excluding hydrogens is 333 g/mol. The van der Waals surface area contributed by atoms with Gasteiger partial charge in [0.1, 0.15) is 0 Å². The van der Waals surface area contributed by atoms with Gasteiger partial charge in [-0.2, -0.15) is 13.2 Å². The normalized spacial score (nSPS) is 21.7. The Morgan fingerprint density at radius 3 is 2.61 bits per heavy atom. The van der Waals surface area contributed by atoms with Gasteiger partial charge >= 0.3 is 6.18 Å². The highest BCUT2D eigenvalue weighted by Crippen LogP contribution is 2.37. The SMILES string of the molecule is CCC1(c2ccc(OC)c(OCC(F)(F)F)c2)CSC(=O)NN1. The van der Waals surface area contributed by atoms with Gasteiger partial charge in [-0.1, -0.05) is 24.8 Å². The number of carbonyl (C=O) groups is 1. The minimum absolute atomic E-state index is 0.0128. The summed E-state index contributed by atoms with van der Waals surface area (Å²) in [6, 6.07) is 4.81. The number of hydrogen-bond donors (Lipinski definition) is 2. The van der Waals surface area contributed by atoms with Gasteiger partial charge in [0.05, 0.1) is 12.6 Å². The van der Waals surface area contributed by atoms with Crippen LogP contribution < -0.4 is 20.3 Å². The third kappa shape index (κ3) is 4.23. The van der Waals surface area contributed by atoms with Crippen LogP contribution in [0.5, 0.6) is 11.5 Å². The average molecular weight is 350 g/mol. The van der Waals surface area contributed by atoms with Crippen molar-refractivity contribution in [1.29, 1.82) is 0 Å². The van der Waals surface area contributed by atoms with E-state index in [0.29, 0.717) is 17.7 Å². The molecule has 1 fully saturated rings. The number of hydrazine groups is 1. The van der Waals surface area contributed by atoms with Gasteiger partial charge in [-0.25, -0.2) is 5.43 Å². The molecule has 1 aromatic carbocycles. The Morgan fingerprint density at radius 1 is 1.35 bits per heavy atom. The Bertz CT molecular complexity index is 571. The Hall–Kier alpha value is -1.61. The number of ether oxygens (including phenoxy) is 2. The van der Waals surface area contributed by atoms with Crippen molar-refractivity contribution >= 4 is 17.0 Å². The van der Waals surface area contributed by atoms with Gasteiger partial charge in [0, 0.05) is 5.75 Å². The van der Waals surface area contributed by atoms with E-state index >= 15 is 0 Å². The van der Waals surface area contributed by atoms with Gasteiger partial charge in [0.15, 0.2) is 18.1 Å². The summed E-state index contributed by atoms with van der Waals surface area (Å²) in [5.41, 5.74) is 5.63. The highest BCUT2D eigenvalue weighted by molar-refractivity contribution is 8.13. The second-order valence-electron chi connectivity index (χ2n) is 5.03. The molecule has 1 amide bonds. The van der Waals surface area contributed by atoms with E-state index in [-0.39, 0.29) is 16.7 Å². The van der Waals surface area contributed by atoms with E-state index in [4.69, 9.17) is 9.47 Å². The van der Waals surface area contributed by atoms with Gasteiger partial charge in [0.25, 0.3) is 5.24 Å². The van der Waals surface area contributed by atoms with Crippen molar-refractivity contribution in [2.45, 2.75) is 25.1 Å². The van der Waals surface area contributed by atoms with Crippen LogP contribution in [0.3, 0.4) is 0 Å². The van der Waals surface area contributed by atoms with E-state index in [1.54, 1.807) is 12.1 Å². The van der Waals surface area contributed by atoms with E-state index in [1.165, 1.54) is 13.2 Å². The van der Waals surface area contributed by atoms with Crippen molar-refractivity contribution in [2.75, 3.05) is 19.5 Å². The van der Waals surface area contributed by atoms with Crippen LogP contribution in [0.25, 0.3) is 0 Å².